The van der Waals surface area contributed by atoms with Gasteiger partial charge in [0.25, 0.3) is 0 Å². The largest absolute Gasteiger partial charge is 0.352 e. The van der Waals surface area contributed by atoms with Crippen molar-refractivity contribution in [3.63, 3.8) is 0 Å². The Morgan fingerprint density at radius 2 is 1.96 bits per heavy atom. The van der Waals surface area contributed by atoms with Crippen molar-refractivity contribution in [2.24, 2.45) is 7.05 Å². The van der Waals surface area contributed by atoms with E-state index in [9.17, 15) is 8.42 Å². The van der Waals surface area contributed by atoms with Gasteiger partial charge in [-0.3, -0.25) is 0 Å². The Kier molecular flexibility index (Phi) is 4.25. The fraction of sp³-hybridized carbons (Fsp3) is 0.250. The maximum atomic E-state index is 11.7. The number of aromatic nitrogens is 3. The molecule has 2 heterocycles. The molecule has 0 saturated heterocycles. The van der Waals surface area contributed by atoms with Crippen molar-refractivity contribution in [3.8, 4) is 0 Å². The van der Waals surface area contributed by atoms with Gasteiger partial charge in [-0.1, -0.05) is 12.1 Å². The Morgan fingerprint density at radius 1 is 1.21 bits per heavy atom. The van der Waals surface area contributed by atoms with Crippen LogP contribution in [0.5, 0.6) is 0 Å². The molecule has 0 spiro atoms. The summed E-state index contributed by atoms with van der Waals surface area (Å²) in [6.45, 7) is 0.566. The van der Waals surface area contributed by atoms with Crippen LogP contribution in [0.1, 0.15) is 5.82 Å². The fourth-order valence-electron chi connectivity index (χ4n) is 2.51. The minimum absolute atomic E-state index is 0.143. The molecule has 0 unspecified atom stereocenters. The number of anilines is 1. The molecule has 0 amide bonds. The maximum absolute atomic E-state index is 11.7. The highest BCUT2D eigenvalue weighted by Gasteiger charge is 2.14. The summed E-state index contributed by atoms with van der Waals surface area (Å²) in [5.74, 6) is 1.59. The number of sulfonamides is 1. The predicted molar refractivity (Wildman–Crippen MR) is 93.3 cm³/mol. The summed E-state index contributed by atoms with van der Waals surface area (Å²) in [5, 5.41) is 0. The van der Waals surface area contributed by atoms with Crippen LogP contribution in [0.3, 0.4) is 0 Å². The van der Waals surface area contributed by atoms with E-state index in [0.717, 1.165) is 16.9 Å². The van der Waals surface area contributed by atoms with E-state index >= 15 is 0 Å². The second-order valence-corrected chi connectivity index (χ2v) is 7.38. The third-order valence-electron chi connectivity index (χ3n) is 3.95. The molecule has 3 rings (SSSR count). The first kappa shape index (κ1) is 16.4. The molecule has 8 heteroatoms. The summed E-state index contributed by atoms with van der Waals surface area (Å²) >= 11 is 0. The van der Waals surface area contributed by atoms with Crippen molar-refractivity contribution >= 4 is 26.9 Å². The molecular formula is C16H19N5O2S. The Balaban J connectivity index is 1.84. The summed E-state index contributed by atoms with van der Waals surface area (Å²) in [6, 6.07) is 11.2. The van der Waals surface area contributed by atoms with Crippen LogP contribution in [-0.2, 0) is 23.6 Å². The van der Waals surface area contributed by atoms with Gasteiger partial charge in [-0.25, -0.2) is 23.1 Å². The molecule has 0 aliphatic carbocycles. The zero-order valence-corrected chi connectivity index (χ0v) is 14.6. The molecule has 7 nitrogen and oxygen atoms in total. The lowest BCUT2D eigenvalue weighted by atomic mass is 10.3. The number of nitrogens with zero attached hydrogens (tertiary/aromatic N) is 4. The Hall–Kier alpha value is -2.45. The highest BCUT2D eigenvalue weighted by molar-refractivity contribution is 7.89. The summed E-state index contributed by atoms with van der Waals surface area (Å²) in [5.41, 5.74) is 2.02. The van der Waals surface area contributed by atoms with E-state index in [1.807, 2.05) is 47.8 Å². The minimum Gasteiger partial charge on any atom is -0.352 e. The van der Waals surface area contributed by atoms with Crippen molar-refractivity contribution in [3.05, 3.63) is 48.4 Å². The van der Waals surface area contributed by atoms with Crippen LogP contribution in [0, 0.1) is 0 Å². The lowest BCUT2D eigenvalue weighted by molar-refractivity contribution is 0.588. The first-order chi connectivity index (χ1) is 11.4. The summed E-state index contributed by atoms with van der Waals surface area (Å²) < 4.78 is 27.8. The quantitative estimate of drug-likeness (QED) is 0.758. The number of imidazole rings is 1. The second-order valence-electron chi connectivity index (χ2n) is 5.49. The smallest absolute Gasteiger partial charge is 0.241 e. The van der Waals surface area contributed by atoms with Crippen LogP contribution in [-0.4, -0.2) is 37.0 Å². The van der Waals surface area contributed by atoms with Crippen LogP contribution in [0.15, 0.2) is 47.5 Å². The topological polar surface area (TPSA) is 80.1 Å². The van der Waals surface area contributed by atoms with Gasteiger partial charge in [0, 0.05) is 20.3 Å². The van der Waals surface area contributed by atoms with Crippen LogP contribution in [0.4, 0.5) is 5.82 Å². The molecule has 0 bridgehead atoms. The van der Waals surface area contributed by atoms with Crippen LogP contribution in [0.25, 0.3) is 11.0 Å². The molecule has 0 saturated carbocycles. The van der Waals surface area contributed by atoms with Crippen molar-refractivity contribution in [2.45, 2.75) is 11.4 Å². The molecule has 0 aliphatic rings. The number of benzene rings is 1. The number of aryl methyl sites for hydroxylation is 1. The van der Waals surface area contributed by atoms with Gasteiger partial charge in [0.05, 0.1) is 17.6 Å². The highest BCUT2D eigenvalue weighted by atomic mass is 32.2. The first-order valence-electron chi connectivity index (χ1n) is 7.43. The van der Waals surface area contributed by atoms with Gasteiger partial charge in [0.1, 0.15) is 16.5 Å². The third-order valence-corrected chi connectivity index (χ3v) is 5.35. The van der Waals surface area contributed by atoms with Crippen molar-refractivity contribution < 1.29 is 8.42 Å². The maximum Gasteiger partial charge on any atom is 0.241 e. The number of hydrogen-bond donors (Lipinski definition) is 1. The van der Waals surface area contributed by atoms with Gasteiger partial charge in [-0.15, -0.1) is 0 Å². The van der Waals surface area contributed by atoms with E-state index in [1.54, 1.807) is 12.1 Å². The number of nitrogens with one attached hydrogen (secondary N) is 1. The van der Waals surface area contributed by atoms with Crippen LogP contribution in [0.2, 0.25) is 0 Å². The number of fused-ring (bicyclic) bond motifs is 1. The zero-order chi connectivity index (χ0) is 17.3. The summed E-state index contributed by atoms with van der Waals surface area (Å²) in [6.07, 6.45) is 1.35. The second kappa shape index (κ2) is 6.21. The standard InChI is InChI=1S/C16H19N5O2S/c1-17-24(22,23)12-8-9-15(18-10-12)20(2)11-16-19-13-6-4-5-7-14(13)21(16)3/h4-10,17H,11H2,1-3H3. The number of para-hydroxylation sites is 2. The molecule has 24 heavy (non-hydrogen) atoms. The lowest BCUT2D eigenvalue weighted by Crippen LogP contribution is -2.21. The molecule has 0 radical (unpaired) electrons. The number of pyridine rings is 1. The van der Waals surface area contributed by atoms with Crippen molar-refractivity contribution in [2.75, 3.05) is 19.0 Å². The van der Waals surface area contributed by atoms with Gasteiger partial charge in [-0.05, 0) is 31.3 Å². The average molecular weight is 345 g/mol. The van der Waals surface area contributed by atoms with E-state index in [-0.39, 0.29) is 4.90 Å². The van der Waals surface area contributed by atoms with Crippen LogP contribution >= 0.6 is 0 Å². The molecule has 2 aromatic heterocycles. The molecule has 1 aromatic carbocycles. The van der Waals surface area contributed by atoms with Crippen molar-refractivity contribution in [1.29, 1.82) is 0 Å². The minimum atomic E-state index is -3.47. The molecule has 0 fully saturated rings. The predicted octanol–water partition coefficient (Wildman–Crippen LogP) is 1.51. The van der Waals surface area contributed by atoms with Crippen LogP contribution < -0.4 is 9.62 Å². The summed E-state index contributed by atoms with van der Waals surface area (Å²) in [7, 11) is 1.78. The van der Waals surface area contributed by atoms with E-state index < -0.39 is 10.0 Å². The third kappa shape index (κ3) is 2.98. The van der Waals surface area contributed by atoms with E-state index in [4.69, 9.17) is 0 Å². The number of rotatable bonds is 5. The molecule has 3 aromatic rings. The Bertz CT molecular complexity index is 964. The lowest BCUT2D eigenvalue weighted by Gasteiger charge is -2.18. The summed E-state index contributed by atoms with van der Waals surface area (Å²) in [4.78, 5) is 10.9. The van der Waals surface area contributed by atoms with Gasteiger partial charge >= 0.3 is 0 Å². The molecular weight excluding hydrogens is 326 g/mol. The van der Waals surface area contributed by atoms with Gasteiger partial charge in [0.2, 0.25) is 10.0 Å². The highest BCUT2D eigenvalue weighted by Crippen LogP contribution is 2.18. The van der Waals surface area contributed by atoms with E-state index in [1.165, 1.54) is 13.2 Å². The number of hydrogen-bond acceptors (Lipinski definition) is 5. The SMILES string of the molecule is CNS(=O)(=O)c1ccc(N(C)Cc2nc3ccccc3n2C)nc1. The molecule has 126 valence electrons. The van der Waals surface area contributed by atoms with Gasteiger partial charge in [-0.2, -0.15) is 0 Å². The molecule has 1 N–H and O–H groups in total. The van der Waals surface area contributed by atoms with Gasteiger partial charge in [0.15, 0.2) is 0 Å². The fourth-order valence-corrected chi connectivity index (χ4v) is 3.18. The Morgan fingerprint density at radius 3 is 2.58 bits per heavy atom. The average Bonchev–Trinajstić information content (AvgIpc) is 2.91. The van der Waals surface area contributed by atoms with Crippen molar-refractivity contribution in [1.82, 2.24) is 19.3 Å². The molecule has 0 aliphatic heterocycles. The zero-order valence-electron chi connectivity index (χ0n) is 13.8. The Labute approximate surface area is 141 Å². The monoisotopic (exact) mass is 345 g/mol. The normalized spacial score (nSPS) is 11.8. The first-order valence-corrected chi connectivity index (χ1v) is 8.92. The molecule has 0 atom stereocenters. The van der Waals surface area contributed by atoms with Gasteiger partial charge < -0.3 is 9.47 Å². The van der Waals surface area contributed by atoms with E-state index in [2.05, 4.69) is 14.7 Å². The van der Waals surface area contributed by atoms with E-state index in [0.29, 0.717) is 12.4 Å².